The van der Waals surface area contributed by atoms with Crippen LogP contribution in [-0.4, -0.2) is 62.0 Å². The maximum absolute atomic E-state index is 13.1. The minimum atomic E-state index is -4.12. The Hall–Kier alpha value is -2.53. The van der Waals surface area contributed by atoms with Gasteiger partial charge in [-0.2, -0.15) is 13.2 Å². The lowest BCUT2D eigenvalue weighted by molar-refractivity contribution is -0.184. The number of rotatable bonds is 10. The first-order valence-electron chi connectivity index (χ1n) is 13.4. The first kappa shape index (κ1) is 31.0. The molecule has 39 heavy (non-hydrogen) atoms. The second-order valence-corrected chi connectivity index (χ2v) is 13.1. The maximum atomic E-state index is 13.1. The van der Waals surface area contributed by atoms with Crippen LogP contribution in [0.15, 0.2) is 51.1 Å². The SMILES string of the molecule is C=NC1=C(/C=C(\C)C(=O)NCc2ccc(S(=O)(=O)CC)cn2)CN(CC2CCC(C(F)(F)F)CC2)[C@H]1C(C)C. The number of halogens is 3. The minimum absolute atomic E-state index is 0.0135. The number of aliphatic imine (C=N–C) groups is 1. The van der Waals surface area contributed by atoms with E-state index in [1.54, 1.807) is 26.0 Å². The molecule has 1 amide bonds. The molecule has 1 N–H and O–H groups in total. The number of hydrogen-bond acceptors (Lipinski definition) is 6. The van der Waals surface area contributed by atoms with Gasteiger partial charge in [-0.3, -0.25) is 19.7 Å². The molecule has 1 atom stereocenters. The van der Waals surface area contributed by atoms with E-state index in [4.69, 9.17) is 0 Å². The van der Waals surface area contributed by atoms with Crippen molar-refractivity contribution in [1.29, 1.82) is 0 Å². The Kier molecular flexibility index (Phi) is 10.1. The quantitative estimate of drug-likeness (QED) is 0.313. The fourth-order valence-corrected chi connectivity index (χ4v) is 6.32. The van der Waals surface area contributed by atoms with Crippen molar-refractivity contribution in [3.63, 3.8) is 0 Å². The van der Waals surface area contributed by atoms with Crippen LogP contribution >= 0.6 is 0 Å². The molecule has 0 saturated heterocycles. The summed E-state index contributed by atoms with van der Waals surface area (Å²) >= 11 is 0. The van der Waals surface area contributed by atoms with Gasteiger partial charge in [-0.25, -0.2) is 8.42 Å². The summed E-state index contributed by atoms with van der Waals surface area (Å²) in [4.78, 5) is 23.7. The van der Waals surface area contributed by atoms with Gasteiger partial charge in [0.2, 0.25) is 5.91 Å². The summed E-state index contributed by atoms with van der Waals surface area (Å²) in [7, 11) is -3.34. The van der Waals surface area contributed by atoms with Crippen LogP contribution in [0.25, 0.3) is 0 Å². The van der Waals surface area contributed by atoms with Gasteiger partial charge in [-0.05, 0) is 74.9 Å². The van der Waals surface area contributed by atoms with Crippen LogP contribution in [0.3, 0.4) is 0 Å². The molecule has 2 heterocycles. The Balaban J connectivity index is 1.65. The summed E-state index contributed by atoms with van der Waals surface area (Å²) < 4.78 is 63.2. The van der Waals surface area contributed by atoms with Crippen LogP contribution in [0.5, 0.6) is 0 Å². The molecule has 3 rings (SSSR count). The maximum Gasteiger partial charge on any atom is 0.391 e. The third-order valence-corrected chi connectivity index (χ3v) is 9.42. The van der Waals surface area contributed by atoms with Gasteiger partial charge in [0.15, 0.2) is 9.84 Å². The highest BCUT2D eigenvalue weighted by atomic mass is 32.2. The average molecular weight is 569 g/mol. The average Bonchev–Trinajstić information content (AvgIpc) is 3.23. The molecule has 0 bridgehead atoms. The number of aromatic nitrogens is 1. The molecular weight excluding hydrogens is 529 g/mol. The van der Waals surface area contributed by atoms with Gasteiger partial charge in [0.05, 0.1) is 40.5 Å². The van der Waals surface area contributed by atoms with E-state index in [1.165, 1.54) is 12.3 Å². The molecule has 7 nitrogen and oxygen atoms in total. The zero-order chi connectivity index (χ0) is 29.0. The van der Waals surface area contributed by atoms with Crippen LogP contribution in [0, 0.1) is 17.8 Å². The second kappa shape index (κ2) is 12.8. The van der Waals surface area contributed by atoms with E-state index in [0.29, 0.717) is 37.2 Å². The molecule has 11 heteroatoms. The number of sulfone groups is 1. The standard InChI is InChI=1S/C28H39F3N4O3S/c1-6-39(37,38)24-12-11-23(33-15-24)14-34-27(36)19(4)13-21-17-35(26(18(2)3)25(21)32-5)16-20-7-9-22(10-8-20)28(29,30)31/h11-13,15,18,20,22,26H,5-10,14,16-17H2,1-4H3,(H,34,36)/b19-13+/t20?,22?,26-/m0/s1. The van der Waals surface area contributed by atoms with Gasteiger partial charge in [-0.1, -0.05) is 20.8 Å². The predicted molar refractivity (Wildman–Crippen MR) is 146 cm³/mol. The third-order valence-electron chi connectivity index (χ3n) is 7.70. The number of alkyl halides is 3. The van der Waals surface area contributed by atoms with Crippen molar-refractivity contribution in [3.8, 4) is 0 Å². The van der Waals surface area contributed by atoms with Gasteiger partial charge in [0, 0.05) is 24.9 Å². The Morgan fingerprint density at radius 1 is 1.26 bits per heavy atom. The summed E-state index contributed by atoms with van der Waals surface area (Å²) in [5.41, 5.74) is 2.69. The van der Waals surface area contributed by atoms with Gasteiger partial charge in [0.1, 0.15) is 0 Å². The highest BCUT2D eigenvalue weighted by Crippen LogP contribution is 2.41. The Morgan fingerprint density at radius 3 is 2.44 bits per heavy atom. The molecule has 1 aliphatic heterocycles. The van der Waals surface area contributed by atoms with Crippen LogP contribution in [0.1, 0.15) is 59.1 Å². The Labute approximate surface area is 229 Å². The molecule has 1 aliphatic carbocycles. The van der Waals surface area contributed by atoms with E-state index >= 15 is 0 Å². The number of carbonyl (C=O) groups excluding carboxylic acids is 1. The first-order chi connectivity index (χ1) is 18.3. The molecule has 2 aliphatic rings. The molecule has 0 spiro atoms. The molecule has 216 valence electrons. The van der Waals surface area contributed by atoms with E-state index < -0.39 is 21.9 Å². The monoisotopic (exact) mass is 568 g/mol. The lowest BCUT2D eigenvalue weighted by atomic mass is 9.81. The largest absolute Gasteiger partial charge is 0.391 e. The summed E-state index contributed by atoms with van der Waals surface area (Å²) in [6.07, 6.45) is 0.428. The molecule has 1 saturated carbocycles. The van der Waals surface area contributed by atoms with Crippen molar-refractivity contribution in [2.24, 2.45) is 22.7 Å². The number of nitrogens with zero attached hydrogens (tertiary/aromatic N) is 3. The minimum Gasteiger partial charge on any atom is -0.347 e. The molecular formula is C28H39F3N4O3S. The fourth-order valence-electron chi connectivity index (χ4n) is 5.50. The first-order valence-corrected chi connectivity index (χ1v) is 15.1. The van der Waals surface area contributed by atoms with Crippen LogP contribution in [0.2, 0.25) is 0 Å². The van der Waals surface area contributed by atoms with Gasteiger partial charge >= 0.3 is 6.18 Å². The van der Waals surface area contributed by atoms with Crippen LogP contribution < -0.4 is 5.32 Å². The number of nitrogens with one attached hydrogen (secondary N) is 1. The molecule has 0 aromatic carbocycles. The van der Waals surface area contributed by atoms with E-state index in [-0.39, 0.29) is 53.8 Å². The van der Waals surface area contributed by atoms with E-state index in [1.807, 2.05) is 0 Å². The van der Waals surface area contributed by atoms with Crippen molar-refractivity contribution < 1.29 is 26.4 Å². The van der Waals surface area contributed by atoms with Crippen LogP contribution in [-0.2, 0) is 21.2 Å². The number of carbonyl (C=O) groups is 1. The highest BCUT2D eigenvalue weighted by molar-refractivity contribution is 7.91. The Morgan fingerprint density at radius 2 is 1.92 bits per heavy atom. The summed E-state index contributed by atoms with van der Waals surface area (Å²) in [5, 5.41) is 2.81. The number of hydrogen-bond donors (Lipinski definition) is 1. The molecule has 1 fully saturated rings. The lowest BCUT2D eigenvalue weighted by Crippen LogP contribution is -2.40. The third kappa shape index (κ3) is 7.78. The fraction of sp³-hybridized carbons (Fsp3) is 0.607. The normalized spacial score (nSPS) is 23.4. The molecule has 0 unspecified atom stereocenters. The smallest absolute Gasteiger partial charge is 0.347 e. The van der Waals surface area contributed by atoms with Crippen molar-refractivity contribution in [2.45, 2.75) is 77.0 Å². The van der Waals surface area contributed by atoms with Crippen molar-refractivity contribution in [2.75, 3.05) is 18.8 Å². The van der Waals surface area contributed by atoms with E-state index in [0.717, 1.165) is 11.3 Å². The van der Waals surface area contributed by atoms with Crippen molar-refractivity contribution in [1.82, 2.24) is 15.2 Å². The Bertz CT molecular complexity index is 1200. The lowest BCUT2D eigenvalue weighted by Gasteiger charge is -2.35. The van der Waals surface area contributed by atoms with Gasteiger partial charge in [-0.15, -0.1) is 0 Å². The van der Waals surface area contributed by atoms with E-state index in [9.17, 15) is 26.4 Å². The summed E-state index contributed by atoms with van der Waals surface area (Å²) in [6, 6.07) is 3.04. The van der Waals surface area contributed by atoms with Crippen LogP contribution in [0.4, 0.5) is 13.2 Å². The number of amides is 1. The van der Waals surface area contributed by atoms with E-state index in [2.05, 4.69) is 40.8 Å². The predicted octanol–water partition coefficient (Wildman–Crippen LogP) is 5.10. The second-order valence-electron chi connectivity index (χ2n) is 10.8. The van der Waals surface area contributed by atoms with Gasteiger partial charge in [0.25, 0.3) is 0 Å². The molecule has 0 radical (unpaired) electrons. The topological polar surface area (TPSA) is 91.7 Å². The van der Waals surface area contributed by atoms with Crippen molar-refractivity contribution in [3.05, 3.63) is 46.9 Å². The number of pyridine rings is 1. The zero-order valence-electron chi connectivity index (χ0n) is 23.1. The summed E-state index contributed by atoms with van der Waals surface area (Å²) in [5.74, 6) is -1.10. The van der Waals surface area contributed by atoms with Gasteiger partial charge < -0.3 is 5.32 Å². The molecule has 1 aromatic heterocycles. The summed E-state index contributed by atoms with van der Waals surface area (Å²) in [6.45, 7) is 12.6. The molecule has 1 aromatic rings. The van der Waals surface area contributed by atoms with Crippen molar-refractivity contribution >= 4 is 22.5 Å². The highest BCUT2D eigenvalue weighted by Gasteiger charge is 2.42. The zero-order valence-corrected chi connectivity index (χ0v) is 23.9.